The van der Waals surface area contributed by atoms with Crippen molar-refractivity contribution in [3.63, 3.8) is 0 Å². The van der Waals surface area contributed by atoms with Crippen LogP contribution in [0.2, 0.25) is 0 Å². The zero-order valence-corrected chi connectivity index (χ0v) is 11.0. The van der Waals surface area contributed by atoms with Crippen LogP contribution in [0, 0.1) is 6.92 Å². The molecule has 1 aliphatic rings. The molecule has 1 aliphatic heterocycles. The summed E-state index contributed by atoms with van der Waals surface area (Å²) >= 11 is 0. The van der Waals surface area contributed by atoms with Crippen molar-refractivity contribution in [2.75, 3.05) is 18.0 Å². The van der Waals surface area contributed by atoms with Gasteiger partial charge in [-0.2, -0.15) is 0 Å². The zero-order valence-electron chi connectivity index (χ0n) is 11.0. The van der Waals surface area contributed by atoms with E-state index in [-0.39, 0.29) is 0 Å². The van der Waals surface area contributed by atoms with E-state index in [1.54, 1.807) is 0 Å². The highest BCUT2D eigenvalue weighted by Gasteiger charge is 2.28. The summed E-state index contributed by atoms with van der Waals surface area (Å²) in [6.07, 6.45) is 1.01. The molecule has 0 amide bonds. The van der Waals surface area contributed by atoms with E-state index in [0.717, 1.165) is 13.0 Å². The molecule has 0 saturated heterocycles. The lowest BCUT2D eigenvalue weighted by atomic mass is 9.98. The second-order valence-electron chi connectivity index (χ2n) is 4.93. The van der Waals surface area contributed by atoms with Gasteiger partial charge in [0.2, 0.25) is 11.8 Å². The third-order valence-corrected chi connectivity index (χ3v) is 3.57. The molecule has 1 atom stereocenters. The highest BCUT2D eigenvalue weighted by molar-refractivity contribution is 5.60. The first-order valence-electron chi connectivity index (χ1n) is 6.61. The predicted octanol–water partition coefficient (Wildman–Crippen LogP) is 1.83. The Labute approximate surface area is 112 Å². The fourth-order valence-corrected chi connectivity index (χ4v) is 2.75. The molecular formula is C14H18N4O. The van der Waals surface area contributed by atoms with Crippen LogP contribution in [0.3, 0.4) is 0 Å². The van der Waals surface area contributed by atoms with Gasteiger partial charge in [-0.3, -0.25) is 0 Å². The van der Waals surface area contributed by atoms with Crippen molar-refractivity contribution in [3.05, 3.63) is 41.6 Å². The Morgan fingerprint density at radius 3 is 2.95 bits per heavy atom. The number of hydrogen-bond acceptors (Lipinski definition) is 5. The van der Waals surface area contributed by atoms with Crippen molar-refractivity contribution in [2.45, 2.75) is 25.8 Å². The van der Waals surface area contributed by atoms with Crippen LogP contribution >= 0.6 is 0 Å². The van der Waals surface area contributed by atoms with Crippen molar-refractivity contribution in [3.8, 4) is 0 Å². The smallest absolute Gasteiger partial charge is 0.235 e. The van der Waals surface area contributed by atoms with E-state index in [4.69, 9.17) is 10.2 Å². The number of aromatic nitrogens is 2. The highest BCUT2D eigenvalue weighted by Crippen LogP contribution is 2.38. The lowest BCUT2D eigenvalue weighted by Crippen LogP contribution is -2.22. The molecule has 0 radical (unpaired) electrons. The second-order valence-corrected chi connectivity index (χ2v) is 4.93. The van der Waals surface area contributed by atoms with Gasteiger partial charge < -0.3 is 15.1 Å². The van der Waals surface area contributed by atoms with Crippen molar-refractivity contribution in [2.24, 2.45) is 5.73 Å². The summed E-state index contributed by atoms with van der Waals surface area (Å²) in [5.41, 5.74) is 8.35. The summed E-state index contributed by atoms with van der Waals surface area (Å²) in [5, 5.41) is 7.95. The van der Waals surface area contributed by atoms with Gasteiger partial charge in [-0.25, -0.2) is 0 Å². The Bertz CT molecular complexity index is 566. The average molecular weight is 258 g/mol. The molecule has 5 heteroatoms. The minimum atomic E-state index is 0.505. The van der Waals surface area contributed by atoms with Gasteiger partial charge in [0.15, 0.2) is 0 Å². The van der Waals surface area contributed by atoms with E-state index in [1.165, 1.54) is 11.3 Å². The molecule has 0 spiro atoms. The topological polar surface area (TPSA) is 68.2 Å². The van der Waals surface area contributed by atoms with E-state index < -0.39 is 0 Å². The molecule has 2 aromatic rings. The maximum Gasteiger partial charge on any atom is 0.235 e. The van der Waals surface area contributed by atoms with Gasteiger partial charge in [-0.15, -0.1) is 10.2 Å². The Morgan fingerprint density at radius 1 is 1.37 bits per heavy atom. The molecule has 1 unspecified atom stereocenters. The normalized spacial score (nSPS) is 17.8. The quantitative estimate of drug-likeness (QED) is 0.906. The zero-order chi connectivity index (χ0) is 13.2. The predicted molar refractivity (Wildman–Crippen MR) is 72.9 cm³/mol. The molecule has 1 aromatic heterocycles. The fraction of sp³-hybridized carbons (Fsp3) is 0.429. The van der Waals surface area contributed by atoms with Crippen LogP contribution in [0.4, 0.5) is 5.69 Å². The maximum absolute atomic E-state index is 5.71. The van der Waals surface area contributed by atoms with Crippen LogP contribution in [-0.2, 0) is 6.54 Å². The summed E-state index contributed by atoms with van der Waals surface area (Å²) in [5.74, 6) is 1.78. The lowest BCUT2D eigenvalue weighted by Gasteiger charge is -2.17. The number of benzene rings is 1. The first kappa shape index (κ1) is 12.2. The summed E-state index contributed by atoms with van der Waals surface area (Å²) < 4.78 is 5.47. The summed E-state index contributed by atoms with van der Waals surface area (Å²) in [6.45, 7) is 4.16. The van der Waals surface area contributed by atoms with Crippen molar-refractivity contribution in [1.29, 1.82) is 0 Å². The van der Waals surface area contributed by atoms with Gasteiger partial charge in [0.1, 0.15) is 0 Å². The van der Waals surface area contributed by atoms with Crippen molar-refractivity contribution < 1.29 is 4.42 Å². The molecule has 0 saturated carbocycles. The summed E-state index contributed by atoms with van der Waals surface area (Å²) in [7, 11) is 0. The number of nitrogens with two attached hydrogens (primary N) is 1. The third kappa shape index (κ3) is 2.33. The molecule has 0 aliphatic carbocycles. The molecule has 0 bridgehead atoms. The van der Waals surface area contributed by atoms with Crippen LogP contribution in [0.5, 0.6) is 0 Å². The van der Waals surface area contributed by atoms with Gasteiger partial charge in [0.05, 0.1) is 6.54 Å². The number of rotatable bonds is 4. The van der Waals surface area contributed by atoms with Crippen LogP contribution in [0.25, 0.3) is 0 Å². The van der Waals surface area contributed by atoms with Crippen LogP contribution in [0.1, 0.15) is 29.7 Å². The summed E-state index contributed by atoms with van der Waals surface area (Å²) in [4.78, 5) is 2.29. The SMILES string of the molecule is Cc1nnc(CN2CC(CCN)c3ccccc32)o1. The Morgan fingerprint density at radius 2 is 2.21 bits per heavy atom. The molecule has 3 rings (SSSR count). The first-order valence-corrected chi connectivity index (χ1v) is 6.61. The van der Waals surface area contributed by atoms with Crippen LogP contribution < -0.4 is 10.6 Å². The van der Waals surface area contributed by atoms with Crippen LogP contribution in [-0.4, -0.2) is 23.3 Å². The molecule has 5 nitrogen and oxygen atoms in total. The van der Waals surface area contributed by atoms with Crippen molar-refractivity contribution in [1.82, 2.24) is 10.2 Å². The van der Waals surface area contributed by atoms with Gasteiger partial charge in [0.25, 0.3) is 0 Å². The Kier molecular flexibility index (Phi) is 3.21. The maximum atomic E-state index is 5.71. The monoisotopic (exact) mass is 258 g/mol. The number of fused-ring (bicyclic) bond motifs is 1. The minimum absolute atomic E-state index is 0.505. The molecular weight excluding hydrogens is 240 g/mol. The van der Waals surface area contributed by atoms with E-state index in [2.05, 4.69) is 39.4 Å². The third-order valence-electron chi connectivity index (χ3n) is 3.57. The fourth-order valence-electron chi connectivity index (χ4n) is 2.75. The standard InChI is InChI=1S/C14H18N4O/c1-10-16-17-14(19-10)9-18-8-11(6-7-15)12-4-2-3-5-13(12)18/h2-5,11H,6-9,15H2,1H3. The Hall–Kier alpha value is -1.88. The number of hydrogen-bond donors (Lipinski definition) is 1. The lowest BCUT2D eigenvalue weighted by molar-refractivity contribution is 0.461. The number of aryl methyl sites for hydroxylation is 1. The summed E-state index contributed by atoms with van der Waals surface area (Å²) in [6, 6.07) is 8.49. The molecule has 0 fully saturated rings. The Balaban J connectivity index is 1.84. The van der Waals surface area contributed by atoms with Gasteiger partial charge in [0, 0.05) is 25.1 Å². The molecule has 19 heavy (non-hydrogen) atoms. The number of nitrogens with zero attached hydrogens (tertiary/aromatic N) is 3. The van der Waals surface area contributed by atoms with E-state index in [9.17, 15) is 0 Å². The number of para-hydroxylation sites is 1. The molecule has 1 aromatic carbocycles. The van der Waals surface area contributed by atoms with Crippen LogP contribution in [0.15, 0.2) is 28.7 Å². The van der Waals surface area contributed by atoms with Gasteiger partial charge >= 0.3 is 0 Å². The molecule has 100 valence electrons. The molecule has 2 N–H and O–H groups in total. The average Bonchev–Trinajstić information content (AvgIpc) is 2.97. The van der Waals surface area contributed by atoms with E-state index in [0.29, 0.717) is 30.8 Å². The second kappa shape index (κ2) is 5.01. The van der Waals surface area contributed by atoms with E-state index in [1.807, 2.05) is 6.92 Å². The van der Waals surface area contributed by atoms with Gasteiger partial charge in [-0.1, -0.05) is 18.2 Å². The van der Waals surface area contributed by atoms with Gasteiger partial charge in [-0.05, 0) is 24.6 Å². The molecule has 2 heterocycles. The van der Waals surface area contributed by atoms with Crippen molar-refractivity contribution >= 4 is 5.69 Å². The van der Waals surface area contributed by atoms with E-state index >= 15 is 0 Å². The number of anilines is 1. The highest BCUT2D eigenvalue weighted by atomic mass is 16.4. The largest absolute Gasteiger partial charge is 0.424 e. The minimum Gasteiger partial charge on any atom is -0.424 e. The first-order chi connectivity index (χ1) is 9.28.